The molecule has 1 aliphatic rings. The predicted molar refractivity (Wildman–Crippen MR) is 127 cm³/mol. The molecule has 6 nitrogen and oxygen atoms in total. The van der Waals surface area contributed by atoms with Crippen LogP contribution in [0.3, 0.4) is 0 Å². The second-order valence-electron chi connectivity index (χ2n) is 9.71. The molecule has 0 spiro atoms. The van der Waals surface area contributed by atoms with Gasteiger partial charge in [0.2, 0.25) is 5.89 Å². The Morgan fingerprint density at radius 1 is 1.22 bits per heavy atom. The van der Waals surface area contributed by atoms with E-state index in [9.17, 15) is 4.79 Å². The fraction of sp³-hybridized carbons (Fsp3) is 0.640. The minimum Gasteiger partial charge on any atom is -0.460 e. The lowest BCUT2D eigenvalue weighted by molar-refractivity contribution is -0.155. The van der Waals surface area contributed by atoms with Crippen molar-refractivity contribution in [2.75, 3.05) is 0 Å². The van der Waals surface area contributed by atoms with Gasteiger partial charge < -0.3 is 9.26 Å². The van der Waals surface area contributed by atoms with Crippen molar-refractivity contribution in [3.05, 3.63) is 42.0 Å². The third kappa shape index (κ3) is 8.94. The summed E-state index contributed by atoms with van der Waals surface area (Å²) in [5.41, 5.74) is -0.498. The van der Waals surface area contributed by atoms with E-state index in [2.05, 4.69) is 14.9 Å². The van der Waals surface area contributed by atoms with Crippen molar-refractivity contribution in [3.8, 4) is 0 Å². The normalized spacial score (nSPS) is 16.1. The van der Waals surface area contributed by atoms with E-state index in [0.717, 1.165) is 23.7 Å². The number of nitrogens with zero attached hydrogens (tertiary/aromatic N) is 2. The van der Waals surface area contributed by atoms with Crippen molar-refractivity contribution in [3.63, 3.8) is 0 Å². The molecule has 0 unspecified atom stereocenters. The molecule has 1 fully saturated rings. The van der Waals surface area contributed by atoms with Crippen molar-refractivity contribution in [1.29, 1.82) is 0 Å². The zero-order chi connectivity index (χ0) is 22.8. The average molecular weight is 460 g/mol. The van der Waals surface area contributed by atoms with E-state index in [1.54, 1.807) is 0 Å². The molecule has 0 amide bonds. The Balaban J connectivity index is 1.55. The second kappa shape index (κ2) is 12.4. The molecule has 1 aromatic carbocycles. The Kier molecular flexibility index (Phi) is 9.60. The molecule has 0 aliphatic heterocycles. The molecule has 32 heavy (non-hydrogen) atoms. The molecule has 1 aromatic heterocycles. The van der Waals surface area contributed by atoms with Gasteiger partial charge in [0, 0.05) is 10.8 Å². The highest BCUT2D eigenvalue weighted by Gasteiger charge is 2.26. The molecule has 2 aromatic rings. The summed E-state index contributed by atoms with van der Waals surface area (Å²) in [4.78, 5) is 18.2. The first-order valence-electron chi connectivity index (χ1n) is 11.9. The average Bonchev–Trinajstić information content (AvgIpc) is 3.22. The monoisotopic (exact) mass is 459 g/mol. The smallest absolute Gasteiger partial charge is 0.307 e. The molecule has 1 aliphatic carbocycles. The lowest BCUT2D eigenvalue weighted by atomic mass is 9.84. The minimum atomic E-state index is -0.498. The summed E-state index contributed by atoms with van der Waals surface area (Å²) in [7, 11) is 0. The number of hydrogen-bond donors (Lipinski definition) is 1. The highest BCUT2D eigenvalue weighted by atomic mass is 32.2. The SMILES string of the molecule is CC(C)(C)OC(=O)C[C@@H](CCCC1CCCCC1)c1nc(CNSc2ccccc2)no1. The molecule has 1 saturated carbocycles. The van der Waals surface area contributed by atoms with Crippen LogP contribution in [0.1, 0.15) is 96.2 Å². The van der Waals surface area contributed by atoms with Crippen molar-refractivity contribution in [2.45, 2.75) is 102 Å². The van der Waals surface area contributed by atoms with Crippen LogP contribution in [0, 0.1) is 5.92 Å². The standard InChI is InChI=1S/C25H37N3O3S/c1-25(2,3)30-23(29)17-20(14-10-13-19-11-6-4-7-12-19)24-27-22(28-31-24)18-26-32-21-15-8-5-9-16-21/h5,8-9,15-16,19-20,26H,4,6-7,10-14,17-18H2,1-3H3/t20-/m1/s1. The molecule has 0 saturated heterocycles. The van der Waals surface area contributed by atoms with Crippen LogP contribution >= 0.6 is 11.9 Å². The molecule has 1 atom stereocenters. The fourth-order valence-corrected chi connectivity index (χ4v) is 4.86. The number of carbonyl (C=O) groups is 1. The van der Waals surface area contributed by atoms with Crippen LogP contribution < -0.4 is 4.72 Å². The predicted octanol–water partition coefficient (Wildman–Crippen LogP) is 6.43. The van der Waals surface area contributed by atoms with Crippen molar-refractivity contribution < 1.29 is 14.1 Å². The van der Waals surface area contributed by atoms with Crippen LogP contribution in [0.2, 0.25) is 0 Å². The molecule has 3 rings (SSSR count). The quantitative estimate of drug-likeness (QED) is 0.306. The van der Waals surface area contributed by atoms with Gasteiger partial charge in [-0.05, 0) is 57.2 Å². The van der Waals surface area contributed by atoms with Gasteiger partial charge in [-0.25, -0.2) is 0 Å². The van der Waals surface area contributed by atoms with Crippen LogP contribution in [0.5, 0.6) is 0 Å². The first kappa shape index (κ1) is 24.8. The van der Waals surface area contributed by atoms with Crippen LogP contribution in [-0.4, -0.2) is 21.7 Å². The maximum absolute atomic E-state index is 12.5. The van der Waals surface area contributed by atoms with Crippen molar-refractivity contribution in [1.82, 2.24) is 14.9 Å². The number of aromatic nitrogens is 2. The summed E-state index contributed by atoms with van der Waals surface area (Å²) in [5.74, 6) is 1.66. The van der Waals surface area contributed by atoms with Crippen LogP contribution in [0.4, 0.5) is 0 Å². The number of rotatable bonds is 11. The summed E-state index contributed by atoms with van der Waals surface area (Å²) < 4.78 is 14.4. The Hall–Kier alpha value is -1.86. The van der Waals surface area contributed by atoms with E-state index in [1.165, 1.54) is 50.5 Å². The highest BCUT2D eigenvalue weighted by molar-refractivity contribution is 7.97. The van der Waals surface area contributed by atoms with Gasteiger partial charge in [0.1, 0.15) is 5.60 Å². The van der Waals surface area contributed by atoms with Gasteiger partial charge in [-0.3, -0.25) is 9.52 Å². The number of carbonyl (C=O) groups excluding carboxylic acids is 1. The Morgan fingerprint density at radius 3 is 2.69 bits per heavy atom. The van der Waals surface area contributed by atoms with E-state index in [-0.39, 0.29) is 18.3 Å². The molecule has 176 valence electrons. The van der Waals surface area contributed by atoms with E-state index in [0.29, 0.717) is 18.3 Å². The van der Waals surface area contributed by atoms with Gasteiger partial charge in [0.15, 0.2) is 5.82 Å². The molecular weight excluding hydrogens is 422 g/mol. The minimum absolute atomic E-state index is 0.100. The van der Waals surface area contributed by atoms with E-state index < -0.39 is 5.60 Å². The van der Waals surface area contributed by atoms with E-state index in [4.69, 9.17) is 9.26 Å². The van der Waals surface area contributed by atoms with Crippen LogP contribution in [0.25, 0.3) is 0 Å². The number of benzene rings is 1. The van der Waals surface area contributed by atoms with Gasteiger partial charge in [-0.1, -0.05) is 68.3 Å². The summed E-state index contributed by atoms with van der Waals surface area (Å²) in [6.07, 6.45) is 10.2. The second-order valence-corrected chi connectivity index (χ2v) is 10.7. The number of esters is 1. The van der Waals surface area contributed by atoms with Gasteiger partial charge in [-0.15, -0.1) is 0 Å². The molecule has 1 heterocycles. The van der Waals surface area contributed by atoms with Crippen LogP contribution in [-0.2, 0) is 16.1 Å². The van der Waals surface area contributed by atoms with E-state index >= 15 is 0 Å². The summed E-state index contributed by atoms with van der Waals surface area (Å²) in [6.45, 7) is 6.17. The van der Waals surface area contributed by atoms with Crippen molar-refractivity contribution >= 4 is 17.9 Å². The Bertz CT molecular complexity index is 813. The lowest BCUT2D eigenvalue weighted by Gasteiger charge is -2.23. The maximum atomic E-state index is 12.5. The van der Waals surface area contributed by atoms with Gasteiger partial charge >= 0.3 is 5.97 Å². The zero-order valence-electron chi connectivity index (χ0n) is 19.6. The zero-order valence-corrected chi connectivity index (χ0v) is 20.5. The first-order valence-corrected chi connectivity index (χ1v) is 12.7. The highest BCUT2D eigenvalue weighted by Crippen LogP contribution is 2.31. The molecule has 1 N–H and O–H groups in total. The third-order valence-electron chi connectivity index (χ3n) is 5.72. The number of ether oxygens (including phenoxy) is 1. The summed E-state index contributed by atoms with van der Waals surface area (Å²) >= 11 is 1.53. The topological polar surface area (TPSA) is 77.2 Å². The lowest BCUT2D eigenvalue weighted by Crippen LogP contribution is -2.25. The van der Waals surface area contributed by atoms with E-state index in [1.807, 2.05) is 51.1 Å². The van der Waals surface area contributed by atoms with Gasteiger partial charge in [0.25, 0.3) is 0 Å². The molecule has 0 radical (unpaired) electrons. The molecule has 0 bridgehead atoms. The maximum Gasteiger partial charge on any atom is 0.307 e. The Labute approximate surface area is 196 Å². The summed E-state index contributed by atoms with van der Waals surface area (Å²) in [5, 5.41) is 4.13. The fourth-order valence-electron chi connectivity index (χ4n) is 4.20. The number of nitrogens with one attached hydrogen (secondary N) is 1. The third-order valence-corrected chi connectivity index (χ3v) is 6.52. The van der Waals surface area contributed by atoms with Gasteiger partial charge in [0.05, 0.1) is 13.0 Å². The Morgan fingerprint density at radius 2 is 1.97 bits per heavy atom. The van der Waals surface area contributed by atoms with Crippen molar-refractivity contribution in [2.24, 2.45) is 5.92 Å². The molecular formula is C25H37N3O3S. The molecule has 7 heteroatoms. The first-order chi connectivity index (χ1) is 15.4. The van der Waals surface area contributed by atoms with Gasteiger partial charge in [-0.2, -0.15) is 4.98 Å². The number of hydrogen-bond acceptors (Lipinski definition) is 7. The van der Waals surface area contributed by atoms with Crippen LogP contribution in [0.15, 0.2) is 39.8 Å². The summed E-state index contributed by atoms with van der Waals surface area (Å²) in [6, 6.07) is 10.1. The largest absolute Gasteiger partial charge is 0.460 e.